The first-order valence-electron chi connectivity index (χ1n) is 8.06. The third-order valence-electron chi connectivity index (χ3n) is 5.03. The zero-order chi connectivity index (χ0) is 14.4. The summed E-state index contributed by atoms with van der Waals surface area (Å²) in [5, 5.41) is 7.00. The highest BCUT2D eigenvalue weighted by molar-refractivity contribution is 7.17. The molecule has 0 saturated heterocycles. The number of aryl methyl sites for hydroxylation is 1. The van der Waals surface area contributed by atoms with Crippen LogP contribution < -0.4 is 5.32 Å². The summed E-state index contributed by atoms with van der Waals surface area (Å²) in [4.78, 5) is 12.0. The van der Waals surface area contributed by atoms with Crippen molar-refractivity contribution < 1.29 is 4.79 Å². The molecule has 21 heavy (non-hydrogen) atoms. The van der Waals surface area contributed by atoms with Crippen molar-refractivity contribution in [1.29, 1.82) is 0 Å². The minimum absolute atomic E-state index is 0.290. The lowest BCUT2D eigenvalue weighted by atomic mass is 9.75. The number of hydrogen-bond donors (Lipinski definition) is 1. The van der Waals surface area contributed by atoms with E-state index in [4.69, 9.17) is 0 Å². The van der Waals surface area contributed by atoms with E-state index in [1.165, 1.54) is 27.6 Å². The summed E-state index contributed by atoms with van der Waals surface area (Å²) in [6, 6.07) is 7.19. The van der Waals surface area contributed by atoms with Crippen molar-refractivity contribution in [1.82, 2.24) is 5.32 Å². The van der Waals surface area contributed by atoms with Gasteiger partial charge in [-0.1, -0.05) is 19.1 Å². The van der Waals surface area contributed by atoms with Crippen molar-refractivity contribution in [3.8, 4) is 0 Å². The Morgan fingerprint density at radius 3 is 2.81 bits per heavy atom. The van der Waals surface area contributed by atoms with Crippen LogP contribution in [-0.2, 0) is 11.2 Å². The molecular weight excluding hydrogens is 278 g/mol. The van der Waals surface area contributed by atoms with Crippen LogP contribution in [0.15, 0.2) is 23.6 Å². The van der Waals surface area contributed by atoms with Crippen LogP contribution >= 0.6 is 11.3 Å². The summed E-state index contributed by atoms with van der Waals surface area (Å²) in [6.07, 6.45) is 5.60. The summed E-state index contributed by atoms with van der Waals surface area (Å²) >= 11 is 1.84. The predicted octanol–water partition coefficient (Wildman–Crippen LogP) is 4.24. The molecule has 110 valence electrons. The van der Waals surface area contributed by atoms with E-state index in [0.29, 0.717) is 23.8 Å². The van der Waals surface area contributed by atoms with E-state index in [2.05, 4.69) is 35.8 Å². The fraction of sp³-hybridized carbons (Fsp3) is 0.500. The average molecular weight is 299 g/mol. The summed E-state index contributed by atoms with van der Waals surface area (Å²) < 4.78 is 1.38. The van der Waals surface area contributed by atoms with Gasteiger partial charge in [-0.15, -0.1) is 11.3 Å². The number of fused-ring (bicyclic) bond motifs is 1. The summed E-state index contributed by atoms with van der Waals surface area (Å²) in [5.41, 5.74) is 2.86. The lowest BCUT2D eigenvalue weighted by Gasteiger charge is -2.37. The number of rotatable bonds is 4. The number of thiophene rings is 1. The highest BCUT2D eigenvalue weighted by atomic mass is 32.1. The van der Waals surface area contributed by atoms with E-state index in [1.807, 2.05) is 11.3 Å². The molecule has 2 aromatic rings. The maximum atomic E-state index is 12.0. The predicted molar refractivity (Wildman–Crippen MR) is 87.8 cm³/mol. The van der Waals surface area contributed by atoms with E-state index in [9.17, 15) is 4.79 Å². The Bertz CT molecular complexity index is 686. The minimum Gasteiger partial charge on any atom is -0.353 e. The summed E-state index contributed by atoms with van der Waals surface area (Å²) in [7, 11) is 0. The molecule has 2 nitrogen and oxygen atoms in total. The first-order chi connectivity index (χ1) is 10.3. The van der Waals surface area contributed by atoms with Crippen LogP contribution in [0.1, 0.15) is 49.7 Å². The Hall–Kier alpha value is -1.35. The van der Waals surface area contributed by atoms with Crippen LogP contribution in [0.3, 0.4) is 0 Å². The lowest BCUT2D eigenvalue weighted by Crippen LogP contribution is -2.45. The quantitative estimate of drug-likeness (QED) is 0.899. The molecule has 0 bridgehead atoms. The molecule has 1 aromatic carbocycles. The minimum atomic E-state index is 0.290. The Morgan fingerprint density at radius 1 is 1.29 bits per heavy atom. The summed E-state index contributed by atoms with van der Waals surface area (Å²) in [5.74, 6) is 1.13. The van der Waals surface area contributed by atoms with E-state index in [0.717, 1.165) is 25.7 Å². The molecule has 2 unspecified atom stereocenters. The van der Waals surface area contributed by atoms with Crippen LogP contribution in [0, 0.1) is 5.92 Å². The van der Waals surface area contributed by atoms with Crippen molar-refractivity contribution in [2.24, 2.45) is 5.92 Å². The fourth-order valence-corrected chi connectivity index (χ4v) is 4.30. The second-order valence-corrected chi connectivity index (χ2v) is 7.36. The number of carbonyl (C=O) groups excluding carboxylic acids is 1. The molecule has 1 amide bonds. The van der Waals surface area contributed by atoms with Gasteiger partial charge in [-0.25, -0.2) is 0 Å². The largest absolute Gasteiger partial charge is 0.353 e. The zero-order valence-electron chi connectivity index (χ0n) is 12.4. The van der Waals surface area contributed by atoms with E-state index in [-0.39, 0.29) is 0 Å². The molecule has 0 spiro atoms. The van der Waals surface area contributed by atoms with Crippen LogP contribution in [0.2, 0.25) is 0 Å². The van der Waals surface area contributed by atoms with Gasteiger partial charge in [0.05, 0.1) is 0 Å². The zero-order valence-corrected chi connectivity index (χ0v) is 13.2. The van der Waals surface area contributed by atoms with Gasteiger partial charge in [0.15, 0.2) is 0 Å². The van der Waals surface area contributed by atoms with Crippen molar-refractivity contribution >= 4 is 27.3 Å². The summed E-state index contributed by atoms with van der Waals surface area (Å²) in [6.45, 7) is 2.20. The fourth-order valence-electron chi connectivity index (χ4n) is 3.29. The van der Waals surface area contributed by atoms with E-state index >= 15 is 0 Å². The van der Waals surface area contributed by atoms with Crippen molar-refractivity contribution in [3.63, 3.8) is 0 Å². The van der Waals surface area contributed by atoms with Crippen molar-refractivity contribution in [2.45, 2.75) is 51.0 Å². The third kappa shape index (κ3) is 2.38. The number of benzene rings is 1. The molecule has 0 aliphatic heterocycles. The molecule has 2 aliphatic carbocycles. The molecule has 2 atom stereocenters. The highest BCUT2D eigenvalue weighted by Crippen LogP contribution is 2.43. The van der Waals surface area contributed by atoms with Crippen molar-refractivity contribution in [3.05, 3.63) is 34.7 Å². The van der Waals surface area contributed by atoms with Gasteiger partial charge in [0.25, 0.3) is 0 Å². The highest BCUT2D eigenvalue weighted by Gasteiger charge is 2.38. The number of amides is 1. The Labute approximate surface area is 129 Å². The topological polar surface area (TPSA) is 29.1 Å². The first-order valence-corrected chi connectivity index (χ1v) is 8.94. The van der Waals surface area contributed by atoms with Crippen LogP contribution in [0.25, 0.3) is 10.1 Å². The molecule has 2 saturated carbocycles. The molecule has 1 aromatic heterocycles. The Morgan fingerprint density at radius 2 is 2.14 bits per heavy atom. The first kappa shape index (κ1) is 13.3. The molecule has 4 rings (SSSR count). The van der Waals surface area contributed by atoms with Gasteiger partial charge in [-0.05, 0) is 60.1 Å². The second-order valence-electron chi connectivity index (χ2n) is 6.45. The normalized spacial score (nSPS) is 24.8. The van der Waals surface area contributed by atoms with Gasteiger partial charge in [0.2, 0.25) is 5.91 Å². The maximum Gasteiger partial charge on any atom is 0.223 e. The van der Waals surface area contributed by atoms with Gasteiger partial charge < -0.3 is 5.32 Å². The molecule has 2 fully saturated rings. The molecule has 0 radical (unpaired) electrons. The Kier molecular flexibility index (Phi) is 3.26. The number of hydrogen-bond acceptors (Lipinski definition) is 2. The van der Waals surface area contributed by atoms with Gasteiger partial charge in [0, 0.05) is 22.6 Å². The van der Waals surface area contributed by atoms with E-state index < -0.39 is 0 Å². The average Bonchev–Trinajstić information content (AvgIpc) is 3.26. The monoisotopic (exact) mass is 299 g/mol. The molecule has 1 heterocycles. The maximum absolute atomic E-state index is 12.0. The van der Waals surface area contributed by atoms with Gasteiger partial charge in [0.1, 0.15) is 0 Å². The smallest absolute Gasteiger partial charge is 0.223 e. The second kappa shape index (κ2) is 5.13. The van der Waals surface area contributed by atoms with Crippen LogP contribution in [0.4, 0.5) is 0 Å². The molecule has 2 aliphatic rings. The van der Waals surface area contributed by atoms with E-state index in [1.54, 1.807) is 0 Å². The van der Waals surface area contributed by atoms with Gasteiger partial charge in [-0.2, -0.15) is 0 Å². The lowest BCUT2D eigenvalue weighted by molar-refractivity contribution is -0.123. The Balaban J connectivity index is 1.59. The molecule has 1 N–H and O–H groups in total. The van der Waals surface area contributed by atoms with Crippen molar-refractivity contribution in [2.75, 3.05) is 0 Å². The third-order valence-corrected chi connectivity index (χ3v) is 6.01. The van der Waals surface area contributed by atoms with Gasteiger partial charge >= 0.3 is 0 Å². The number of nitrogens with one attached hydrogen (secondary N) is 1. The molecular formula is C18H21NOS. The standard InChI is InChI=1S/C18H21NOS/c1-2-11-3-8-17-14(9-11)15(10-21-17)13-6-7-16(13)19-18(20)12-4-5-12/h3,8-10,12-13,16H,2,4-7H2,1H3,(H,19,20). The molecule has 3 heteroatoms. The van der Waals surface area contributed by atoms with Gasteiger partial charge in [-0.3, -0.25) is 4.79 Å². The SMILES string of the molecule is CCc1ccc2scc(C3CCC3NC(=O)C3CC3)c2c1. The number of carbonyl (C=O) groups is 1. The van der Waals surface area contributed by atoms with Crippen LogP contribution in [0.5, 0.6) is 0 Å². The van der Waals surface area contributed by atoms with Crippen LogP contribution in [-0.4, -0.2) is 11.9 Å².